The molecule has 1 aromatic heterocycles. The number of piperazine rings is 1. The molecule has 3 heterocycles. The Morgan fingerprint density at radius 2 is 1.55 bits per heavy atom. The molecule has 1 N–H and O–H groups in total. The third-order valence-electron chi connectivity index (χ3n) is 9.10. The lowest BCUT2D eigenvalue weighted by molar-refractivity contribution is -0.275. The number of nitrogens with zero attached hydrogens (tertiary/aromatic N) is 4. The van der Waals surface area contributed by atoms with Crippen molar-refractivity contribution >= 4 is 32.6 Å². The van der Waals surface area contributed by atoms with Gasteiger partial charge in [0.25, 0.3) is 11.8 Å². The number of benzene rings is 3. The lowest BCUT2D eigenvalue weighted by Gasteiger charge is -2.35. The highest BCUT2D eigenvalue weighted by Crippen LogP contribution is 2.31. The Kier molecular flexibility index (Phi) is 10.4. The average Bonchev–Trinajstić information content (AvgIpc) is 3.52. The van der Waals surface area contributed by atoms with E-state index in [1.165, 1.54) is 6.07 Å². The Bertz CT molecular complexity index is 2060. The number of carbonyl (C=O) groups is 2. The zero-order chi connectivity index (χ0) is 36.3. The fourth-order valence-corrected chi connectivity index (χ4v) is 7.22. The van der Waals surface area contributed by atoms with Gasteiger partial charge in [0, 0.05) is 75.6 Å². The van der Waals surface area contributed by atoms with Crippen molar-refractivity contribution in [1.82, 2.24) is 20.0 Å². The molecule has 0 spiro atoms. The van der Waals surface area contributed by atoms with Crippen LogP contribution < -0.4 is 10.1 Å². The molecule has 15 heteroatoms. The Morgan fingerprint density at radius 3 is 2.20 bits per heavy atom. The third-order valence-corrected chi connectivity index (χ3v) is 10.2. The van der Waals surface area contributed by atoms with Crippen LogP contribution in [0.1, 0.15) is 50.4 Å². The number of carbonyl (C=O) groups excluding carboxylic acids is 2. The number of sulfone groups is 1. The van der Waals surface area contributed by atoms with Crippen LogP contribution in [0.2, 0.25) is 0 Å². The first-order valence-electron chi connectivity index (χ1n) is 16.4. The number of furan rings is 1. The average molecular weight is 724 g/mol. The molecule has 0 saturated carbocycles. The molecule has 268 valence electrons. The molecule has 2 fully saturated rings. The summed E-state index contributed by atoms with van der Waals surface area (Å²) in [6, 6.07) is 20.0. The Labute approximate surface area is 293 Å². The van der Waals surface area contributed by atoms with Crippen LogP contribution in [0.5, 0.6) is 5.75 Å². The lowest BCUT2D eigenvalue weighted by Crippen LogP contribution is -2.48. The van der Waals surface area contributed by atoms with Crippen LogP contribution in [0.4, 0.5) is 13.2 Å². The van der Waals surface area contributed by atoms with Crippen LogP contribution in [-0.4, -0.2) is 92.9 Å². The van der Waals surface area contributed by atoms with Crippen LogP contribution in [0.25, 0.3) is 11.0 Å². The van der Waals surface area contributed by atoms with E-state index in [4.69, 9.17) is 9.68 Å². The largest absolute Gasteiger partial charge is 0.573 e. The van der Waals surface area contributed by atoms with Crippen molar-refractivity contribution in [3.63, 3.8) is 0 Å². The van der Waals surface area contributed by atoms with Crippen molar-refractivity contribution in [3.05, 3.63) is 94.7 Å². The van der Waals surface area contributed by atoms with Gasteiger partial charge in [0.15, 0.2) is 15.6 Å². The Hall–Kier alpha value is -4.91. The standard InChI is InChI=1S/C36H36F3N5O6S/c1-51(47,48)33-9-6-26(18-31(33)50-36(37,38)39)23-43-14-16-44(17-15-43)35(46)27-7-8-30-28(19-27)20-32(49-30)34(45)41-29-10-12-42(13-11-29)22-25-4-2-24(21-40)3-5-25/h2-9,18-20,29H,10-17,22-23H2,1H3,(H,41,45). The van der Waals surface area contributed by atoms with Crippen molar-refractivity contribution in [1.29, 1.82) is 5.26 Å². The topological polar surface area (TPSA) is 136 Å². The molecule has 2 amide bonds. The van der Waals surface area contributed by atoms with E-state index in [2.05, 4.69) is 21.0 Å². The molecule has 0 radical (unpaired) electrons. The monoisotopic (exact) mass is 723 g/mol. The maximum absolute atomic E-state index is 13.4. The fourth-order valence-electron chi connectivity index (χ4n) is 6.43. The van der Waals surface area contributed by atoms with E-state index < -0.39 is 26.8 Å². The number of hydrogen-bond acceptors (Lipinski definition) is 9. The number of hydrogen-bond donors (Lipinski definition) is 1. The lowest BCUT2D eigenvalue weighted by atomic mass is 10.0. The first-order chi connectivity index (χ1) is 24.2. The van der Waals surface area contributed by atoms with E-state index in [1.54, 1.807) is 29.2 Å². The van der Waals surface area contributed by atoms with Crippen molar-refractivity contribution in [2.75, 3.05) is 45.5 Å². The van der Waals surface area contributed by atoms with Crippen LogP contribution in [0, 0.1) is 11.3 Å². The van der Waals surface area contributed by atoms with E-state index in [-0.39, 0.29) is 30.2 Å². The van der Waals surface area contributed by atoms with Gasteiger partial charge in [0.2, 0.25) is 0 Å². The van der Waals surface area contributed by atoms with E-state index in [0.717, 1.165) is 56.4 Å². The first-order valence-corrected chi connectivity index (χ1v) is 18.3. The summed E-state index contributed by atoms with van der Waals surface area (Å²) in [4.78, 5) is 31.9. The number of fused-ring (bicyclic) bond motifs is 1. The van der Waals surface area contributed by atoms with Gasteiger partial charge in [0.1, 0.15) is 16.2 Å². The summed E-state index contributed by atoms with van der Waals surface area (Å²) >= 11 is 0. The number of halogens is 3. The van der Waals surface area contributed by atoms with E-state index in [1.807, 2.05) is 29.2 Å². The second-order valence-electron chi connectivity index (χ2n) is 12.9. The zero-order valence-corrected chi connectivity index (χ0v) is 28.6. The Morgan fingerprint density at radius 1 is 0.902 bits per heavy atom. The Balaban J connectivity index is 1.01. The summed E-state index contributed by atoms with van der Waals surface area (Å²) in [5.74, 6) is -1.13. The van der Waals surface area contributed by atoms with Gasteiger partial charge in [-0.3, -0.25) is 19.4 Å². The van der Waals surface area contributed by atoms with Gasteiger partial charge < -0.3 is 19.4 Å². The van der Waals surface area contributed by atoms with Gasteiger partial charge in [-0.05, 0) is 72.5 Å². The van der Waals surface area contributed by atoms with Crippen molar-refractivity contribution in [3.8, 4) is 11.8 Å². The molecule has 2 aliphatic rings. The molecule has 0 aliphatic carbocycles. The van der Waals surface area contributed by atoms with Crippen LogP contribution in [-0.2, 0) is 22.9 Å². The van der Waals surface area contributed by atoms with Crippen molar-refractivity contribution in [2.24, 2.45) is 0 Å². The molecule has 6 rings (SSSR count). The predicted molar refractivity (Wildman–Crippen MR) is 181 cm³/mol. The highest BCUT2D eigenvalue weighted by atomic mass is 32.2. The number of rotatable bonds is 9. The van der Waals surface area contributed by atoms with Crippen LogP contribution >= 0.6 is 0 Å². The van der Waals surface area contributed by atoms with E-state index in [9.17, 15) is 31.2 Å². The van der Waals surface area contributed by atoms with Crippen molar-refractivity contribution < 1.29 is 40.3 Å². The molecule has 0 unspecified atom stereocenters. The van der Waals surface area contributed by atoms with Crippen molar-refractivity contribution in [2.45, 2.75) is 43.2 Å². The molecule has 0 atom stereocenters. The minimum Gasteiger partial charge on any atom is -0.451 e. The molecule has 0 bridgehead atoms. The molecule has 4 aromatic rings. The SMILES string of the molecule is CS(=O)(=O)c1ccc(CN2CCN(C(=O)c3ccc4oc(C(=O)NC5CCN(Cc6ccc(C#N)cc6)CC5)cc4c3)CC2)cc1OC(F)(F)F. The summed E-state index contributed by atoms with van der Waals surface area (Å²) in [5, 5.41) is 12.7. The quantitative estimate of drug-likeness (QED) is 0.254. The highest BCUT2D eigenvalue weighted by molar-refractivity contribution is 7.90. The number of amides is 2. The normalized spacial score (nSPS) is 16.6. The number of nitriles is 1. The smallest absolute Gasteiger partial charge is 0.451 e. The molecular formula is C36H36F3N5O6S. The predicted octanol–water partition coefficient (Wildman–Crippen LogP) is 4.96. The number of ether oxygens (including phenoxy) is 1. The molecule has 51 heavy (non-hydrogen) atoms. The maximum Gasteiger partial charge on any atom is 0.573 e. The number of likely N-dealkylation sites (tertiary alicyclic amines) is 1. The van der Waals surface area contributed by atoms with E-state index in [0.29, 0.717) is 53.8 Å². The van der Waals surface area contributed by atoms with Gasteiger partial charge in [-0.2, -0.15) is 5.26 Å². The number of alkyl halides is 3. The molecule has 2 aliphatic heterocycles. The fraction of sp³-hybridized carbons (Fsp3) is 0.361. The van der Waals surface area contributed by atoms with Crippen LogP contribution in [0.3, 0.4) is 0 Å². The maximum atomic E-state index is 13.4. The summed E-state index contributed by atoms with van der Waals surface area (Å²) in [7, 11) is -3.95. The third kappa shape index (κ3) is 9.07. The highest BCUT2D eigenvalue weighted by Gasteiger charge is 2.34. The van der Waals surface area contributed by atoms with Gasteiger partial charge in [-0.15, -0.1) is 13.2 Å². The molecule has 3 aromatic carbocycles. The molecular weight excluding hydrogens is 687 g/mol. The minimum atomic E-state index is -5.05. The van der Waals surface area contributed by atoms with Gasteiger partial charge in [-0.1, -0.05) is 18.2 Å². The zero-order valence-electron chi connectivity index (χ0n) is 27.8. The molecule has 11 nitrogen and oxygen atoms in total. The van der Waals surface area contributed by atoms with E-state index >= 15 is 0 Å². The van der Waals surface area contributed by atoms with Crippen LogP contribution in [0.15, 0.2) is 76.0 Å². The number of nitrogens with one attached hydrogen (secondary N) is 1. The molecule has 2 saturated heterocycles. The van der Waals surface area contributed by atoms with Gasteiger partial charge in [0.05, 0.1) is 11.6 Å². The second-order valence-corrected chi connectivity index (χ2v) is 14.8. The first kappa shape index (κ1) is 35.9. The summed E-state index contributed by atoms with van der Waals surface area (Å²) in [6.45, 7) is 4.29. The summed E-state index contributed by atoms with van der Waals surface area (Å²) < 4.78 is 72.6. The van der Waals surface area contributed by atoms with Gasteiger partial charge >= 0.3 is 6.36 Å². The minimum absolute atomic E-state index is 0.000791. The summed E-state index contributed by atoms with van der Waals surface area (Å²) in [6.07, 6.45) is -2.66. The van der Waals surface area contributed by atoms with Gasteiger partial charge in [-0.25, -0.2) is 8.42 Å². The summed E-state index contributed by atoms with van der Waals surface area (Å²) in [5.41, 5.74) is 3.12. The number of piperidine rings is 1. The second kappa shape index (κ2) is 14.7.